The molecule has 0 radical (unpaired) electrons. The molecule has 2 aliphatic heterocycles. The molecule has 0 aliphatic carbocycles. The molecule has 4 rings (SSSR count). The standard InChI is InChI=1S/C18H23N5O/c1-13-20-21-17-11-15-7-8-16(12-22(13)17)23(15)18(24)19-10-9-14-5-3-2-4-6-14/h2-6,15-16H,7-12H2,1H3,(H,19,24)/t15-,16+/m0/s1. The number of carbonyl (C=O) groups excluding carboxylic acids is 1. The van der Waals surface area contributed by atoms with Crippen LogP contribution in [0.4, 0.5) is 4.79 Å². The smallest absolute Gasteiger partial charge is 0.317 e. The van der Waals surface area contributed by atoms with Crippen molar-refractivity contribution in [1.82, 2.24) is 25.0 Å². The molecule has 2 aliphatic rings. The van der Waals surface area contributed by atoms with Crippen LogP contribution in [-0.2, 0) is 19.4 Å². The highest BCUT2D eigenvalue weighted by Crippen LogP contribution is 2.31. The third kappa shape index (κ3) is 2.77. The maximum Gasteiger partial charge on any atom is 0.317 e. The van der Waals surface area contributed by atoms with Gasteiger partial charge in [0.15, 0.2) is 0 Å². The Labute approximate surface area is 141 Å². The number of benzene rings is 1. The van der Waals surface area contributed by atoms with E-state index < -0.39 is 0 Å². The van der Waals surface area contributed by atoms with Gasteiger partial charge in [-0.25, -0.2) is 4.79 Å². The van der Waals surface area contributed by atoms with Gasteiger partial charge in [0.1, 0.15) is 11.6 Å². The molecule has 0 spiro atoms. The molecule has 1 fully saturated rings. The number of aryl methyl sites for hydroxylation is 1. The summed E-state index contributed by atoms with van der Waals surface area (Å²) < 4.78 is 2.17. The highest BCUT2D eigenvalue weighted by Gasteiger charge is 2.40. The molecule has 2 atom stereocenters. The Morgan fingerprint density at radius 3 is 2.83 bits per heavy atom. The van der Waals surface area contributed by atoms with E-state index in [1.807, 2.05) is 25.1 Å². The summed E-state index contributed by atoms with van der Waals surface area (Å²) >= 11 is 0. The summed E-state index contributed by atoms with van der Waals surface area (Å²) in [4.78, 5) is 14.8. The van der Waals surface area contributed by atoms with Gasteiger partial charge in [0.05, 0.1) is 6.04 Å². The van der Waals surface area contributed by atoms with Crippen LogP contribution in [0.2, 0.25) is 0 Å². The molecule has 2 amide bonds. The fraction of sp³-hybridized carbons (Fsp3) is 0.500. The van der Waals surface area contributed by atoms with Crippen LogP contribution in [0, 0.1) is 6.92 Å². The molecule has 2 aromatic rings. The minimum atomic E-state index is 0.0646. The van der Waals surface area contributed by atoms with Crippen molar-refractivity contribution in [1.29, 1.82) is 0 Å². The van der Waals surface area contributed by atoms with Crippen LogP contribution >= 0.6 is 0 Å². The zero-order valence-electron chi connectivity index (χ0n) is 14.0. The molecular weight excluding hydrogens is 302 g/mol. The van der Waals surface area contributed by atoms with Crippen LogP contribution in [0.1, 0.15) is 30.1 Å². The van der Waals surface area contributed by atoms with Gasteiger partial charge in [-0.1, -0.05) is 30.3 Å². The number of aromatic nitrogens is 3. The normalized spacial score (nSPS) is 22.1. The van der Waals surface area contributed by atoms with Crippen molar-refractivity contribution in [3.05, 3.63) is 47.5 Å². The Balaban J connectivity index is 1.40. The van der Waals surface area contributed by atoms with Gasteiger partial charge in [-0.3, -0.25) is 0 Å². The van der Waals surface area contributed by atoms with Gasteiger partial charge in [0.25, 0.3) is 0 Å². The van der Waals surface area contributed by atoms with Crippen LogP contribution in [0.3, 0.4) is 0 Å². The Morgan fingerprint density at radius 1 is 1.21 bits per heavy atom. The summed E-state index contributed by atoms with van der Waals surface area (Å²) in [6.07, 6.45) is 3.79. The molecule has 3 heterocycles. The molecule has 1 aromatic carbocycles. The predicted molar refractivity (Wildman–Crippen MR) is 90.7 cm³/mol. The van der Waals surface area contributed by atoms with Gasteiger partial charge < -0.3 is 14.8 Å². The molecule has 0 unspecified atom stereocenters. The van der Waals surface area contributed by atoms with E-state index in [0.29, 0.717) is 6.54 Å². The first-order valence-electron chi connectivity index (χ1n) is 8.71. The zero-order chi connectivity index (χ0) is 16.5. The Morgan fingerprint density at radius 2 is 2.00 bits per heavy atom. The molecule has 1 aromatic heterocycles. The Hall–Kier alpha value is -2.37. The summed E-state index contributed by atoms with van der Waals surface area (Å²) in [5.74, 6) is 1.96. The molecule has 6 heteroatoms. The number of carbonyl (C=O) groups is 1. The van der Waals surface area contributed by atoms with E-state index in [-0.39, 0.29) is 18.1 Å². The van der Waals surface area contributed by atoms with Crippen LogP contribution in [0.25, 0.3) is 0 Å². The van der Waals surface area contributed by atoms with Crippen LogP contribution in [-0.4, -0.2) is 44.3 Å². The van der Waals surface area contributed by atoms with E-state index in [2.05, 4.69) is 37.1 Å². The first-order chi connectivity index (χ1) is 11.7. The van der Waals surface area contributed by atoms with E-state index >= 15 is 0 Å². The van der Waals surface area contributed by atoms with E-state index in [1.54, 1.807) is 0 Å². The number of nitrogens with one attached hydrogen (secondary N) is 1. The van der Waals surface area contributed by atoms with Crippen molar-refractivity contribution in [2.24, 2.45) is 0 Å². The number of urea groups is 1. The van der Waals surface area contributed by atoms with Crippen molar-refractivity contribution < 1.29 is 4.79 Å². The van der Waals surface area contributed by atoms with Gasteiger partial charge in [-0.2, -0.15) is 0 Å². The molecule has 2 bridgehead atoms. The minimum Gasteiger partial charge on any atom is -0.338 e. The second kappa shape index (κ2) is 6.26. The quantitative estimate of drug-likeness (QED) is 0.938. The van der Waals surface area contributed by atoms with E-state index in [9.17, 15) is 4.79 Å². The lowest BCUT2D eigenvalue weighted by atomic mass is 10.1. The SMILES string of the molecule is Cc1nnc2n1C[C@H]1CC[C@@H](C2)N1C(=O)NCCc1ccccc1. The van der Waals surface area contributed by atoms with Gasteiger partial charge in [0, 0.05) is 25.6 Å². The highest BCUT2D eigenvalue weighted by atomic mass is 16.2. The monoisotopic (exact) mass is 325 g/mol. The lowest BCUT2D eigenvalue weighted by Crippen LogP contribution is -2.48. The van der Waals surface area contributed by atoms with Crippen LogP contribution < -0.4 is 5.32 Å². The summed E-state index contributed by atoms with van der Waals surface area (Å²) in [5, 5.41) is 11.6. The van der Waals surface area contributed by atoms with Crippen LogP contribution in [0.5, 0.6) is 0 Å². The van der Waals surface area contributed by atoms with Gasteiger partial charge >= 0.3 is 6.03 Å². The molecule has 24 heavy (non-hydrogen) atoms. The minimum absolute atomic E-state index is 0.0646. The van der Waals surface area contributed by atoms with Gasteiger partial charge in [0.2, 0.25) is 0 Å². The summed E-state index contributed by atoms with van der Waals surface area (Å²) in [6, 6.07) is 10.8. The molecular formula is C18H23N5O. The number of amides is 2. The fourth-order valence-electron chi connectivity index (χ4n) is 3.96. The third-order valence-corrected chi connectivity index (χ3v) is 5.21. The second-order valence-corrected chi connectivity index (χ2v) is 6.74. The topological polar surface area (TPSA) is 63.1 Å². The number of rotatable bonds is 3. The Kier molecular flexibility index (Phi) is 3.96. The number of hydrogen-bond acceptors (Lipinski definition) is 3. The highest BCUT2D eigenvalue weighted by molar-refractivity contribution is 5.75. The van der Waals surface area contributed by atoms with Crippen molar-refractivity contribution >= 4 is 6.03 Å². The largest absolute Gasteiger partial charge is 0.338 e. The van der Waals surface area contributed by atoms with E-state index in [0.717, 1.165) is 43.9 Å². The first kappa shape index (κ1) is 15.2. The van der Waals surface area contributed by atoms with Crippen molar-refractivity contribution in [2.75, 3.05) is 6.54 Å². The maximum absolute atomic E-state index is 12.7. The predicted octanol–water partition coefficient (Wildman–Crippen LogP) is 1.93. The second-order valence-electron chi connectivity index (χ2n) is 6.74. The first-order valence-corrected chi connectivity index (χ1v) is 8.71. The lowest BCUT2D eigenvalue weighted by Gasteiger charge is -2.28. The third-order valence-electron chi connectivity index (χ3n) is 5.21. The summed E-state index contributed by atoms with van der Waals surface area (Å²) in [5.41, 5.74) is 1.25. The molecule has 1 saturated heterocycles. The lowest BCUT2D eigenvalue weighted by molar-refractivity contribution is 0.171. The molecule has 126 valence electrons. The van der Waals surface area contributed by atoms with Crippen molar-refractivity contribution in [2.45, 2.75) is 51.2 Å². The summed E-state index contributed by atoms with van der Waals surface area (Å²) in [7, 11) is 0. The molecule has 6 nitrogen and oxygen atoms in total. The number of nitrogens with zero attached hydrogens (tertiary/aromatic N) is 4. The van der Waals surface area contributed by atoms with Gasteiger partial charge in [-0.15, -0.1) is 10.2 Å². The van der Waals surface area contributed by atoms with Crippen molar-refractivity contribution in [3.63, 3.8) is 0 Å². The van der Waals surface area contributed by atoms with Crippen LogP contribution in [0.15, 0.2) is 30.3 Å². The fourth-order valence-corrected chi connectivity index (χ4v) is 3.96. The average molecular weight is 325 g/mol. The zero-order valence-corrected chi connectivity index (χ0v) is 14.0. The summed E-state index contributed by atoms with van der Waals surface area (Å²) in [6.45, 7) is 3.47. The number of hydrogen-bond donors (Lipinski definition) is 1. The van der Waals surface area contributed by atoms with E-state index in [4.69, 9.17) is 0 Å². The molecule has 1 N–H and O–H groups in total. The maximum atomic E-state index is 12.7. The number of fused-ring (bicyclic) bond motifs is 3. The van der Waals surface area contributed by atoms with Gasteiger partial charge in [-0.05, 0) is 31.7 Å². The van der Waals surface area contributed by atoms with E-state index in [1.165, 1.54) is 5.56 Å². The van der Waals surface area contributed by atoms with Crippen molar-refractivity contribution in [3.8, 4) is 0 Å². The average Bonchev–Trinajstić information content (AvgIpc) is 3.07. The Bertz CT molecular complexity index is 726. The molecule has 0 saturated carbocycles.